The van der Waals surface area contributed by atoms with Crippen LogP contribution in [0.2, 0.25) is 0 Å². The van der Waals surface area contributed by atoms with Gasteiger partial charge in [-0.1, -0.05) is 20.1 Å². The molecule has 3 atom stereocenters. The molecule has 0 radical (unpaired) electrons. The number of aliphatic hydroxyl groups excluding tert-OH is 1. The highest BCUT2D eigenvalue weighted by Crippen LogP contribution is 2.56. The summed E-state index contributed by atoms with van der Waals surface area (Å²) in [6, 6.07) is 0. The van der Waals surface area contributed by atoms with Crippen LogP contribution in [0.1, 0.15) is 45.4 Å². The van der Waals surface area contributed by atoms with Gasteiger partial charge in [-0.05, 0) is 55.6 Å². The molecule has 0 heterocycles. The molecule has 2 rings (SSSR count). The molecule has 0 unspecified atom stereocenters. The Balaban J connectivity index is 2.25. The summed E-state index contributed by atoms with van der Waals surface area (Å²) in [6.07, 6.45) is 5.90. The molecule has 2 aliphatic carbocycles. The maximum Gasteiger partial charge on any atom is 0.0913 e. The molecule has 0 amide bonds. The van der Waals surface area contributed by atoms with Crippen molar-refractivity contribution in [3.05, 3.63) is 24.3 Å². The summed E-state index contributed by atoms with van der Waals surface area (Å²) in [7, 11) is 0. The Morgan fingerprint density at radius 1 is 1.47 bits per heavy atom. The van der Waals surface area contributed by atoms with Crippen molar-refractivity contribution in [3.63, 3.8) is 0 Å². The largest absolute Gasteiger partial charge is 0.392 e. The van der Waals surface area contributed by atoms with Crippen LogP contribution in [0, 0.1) is 11.3 Å². The van der Waals surface area contributed by atoms with Gasteiger partial charge in [0, 0.05) is 5.41 Å². The third kappa shape index (κ3) is 1.88. The predicted octanol–water partition coefficient (Wildman–Crippen LogP) is 2.81. The predicted molar refractivity (Wildman–Crippen MR) is 69.6 cm³/mol. The molecule has 0 bridgehead atoms. The molecule has 2 heteroatoms. The van der Waals surface area contributed by atoms with Gasteiger partial charge in [-0.25, -0.2) is 0 Å². The van der Waals surface area contributed by atoms with Crippen molar-refractivity contribution < 1.29 is 10.2 Å². The SMILES string of the molecule is C=C(CO)[C@@H]1CC[C@@]2(C)CCCC(=C)[C@]2(O)C1. The quantitative estimate of drug-likeness (QED) is 0.724. The number of rotatable bonds is 2. The lowest BCUT2D eigenvalue weighted by Gasteiger charge is -2.55. The van der Waals surface area contributed by atoms with Crippen LogP contribution in [0.4, 0.5) is 0 Å². The second-order valence-electron chi connectivity index (χ2n) is 6.13. The molecule has 0 aromatic carbocycles. The molecule has 2 N–H and O–H groups in total. The zero-order valence-electron chi connectivity index (χ0n) is 10.8. The Labute approximate surface area is 104 Å². The van der Waals surface area contributed by atoms with Crippen LogP contribution in [0.15, 0.2) is 24.3 Å². The molecular weight excluding hydrogens is 212 g/mol. The fourth-order valence-electron chi connectivity index (χ4n) is 3.68. The topological polar surface area (TPSA) is 40.5 Å². The van der Waals surface area contributed by atoms with E-state index >= 15 is 0 Å². The van der Waals surface area contributed by atoms with Crippen LogP contribution >= 0.6 is 0 Å². The minimum absolute atomic E-state index is 0.0193. The van der Waals surface area contributed by atoms with Gasteiger partial charge < -0.3 is 10.2 Å². The average Bonchev–Trinajstić information content (AvgIpc) is 2.30. The normalized spacial score (nSPS) is 42.1. The molecule has 0 aromatic heterocycles. The van der Waals surface area contributed by atoms with Crippen LogP contribution in [0.3, 0.4) is 0 Å². The van der Waals surface area contributed by atoms with Crippen LogP contribution < -0.4 is 0 Å². The number of aliphatic hydroxyl groups is 2. The van der Waals surface area contributed by atoms with E-state index in [0.29, 0.717) is 6.42 Å². The molecule has 0 spiro atoms. The van der Waals surface area contributed by atoms with Crippen LogP contribution in [0.5, 0.6) is 0 Å². The van der Waals surface area contributed by atoms with Crippen molar-refractivity contribution in [1.29, 1.82) is 0 Å². The lowest BCUT2D eigenvalue weighted by molar-refractivity contribution is -0.107. The minimum atomic E-state index is -0.744. The summed E-state index contributed by atoms with van der Waals surface area (Å²) in [5.41, 5.74) is 1.08. The second kappa shape index (κ2) is 4.25. The van der Waals surface area contributed by atoms with E-state index in [1.165, 1.54) is 0 Å². The fourth-order valence-corrected chi connectivity index (χ4v) is 3.68. The third-order valence-electron chi connectivity index (χ3n) is 5.16. The Morgan fingerprint density at radius 3 is 2.82 bits per heavy atom. The first kappa shape index (κ1) is 12.8. The van der Waals surface area contributed by atoms with E-state index in [4.69, 9.17) is 0 Å². The van der Waals surface area contributed by atoms with Gasteiger partial charge in [-0.15, -0.1) is 0 Å². The van der Waals surface area contributed by atoms with E-state index < -0.39 is 5.60 Å². The van der Waals surface area contributed by atoms with E-state index in [9.17, 15) is 10.2 Å². The van der Waals surface area contributed by atoms with Crippen molar-refractivity contribution in [2.45, 2.75) is 51.0 Å². The first-order valence-corrected chi connectivity index (χ1v) is 6.62. The lowest BCUT2D eigenvalue weighted by atomic mass is 9.53. The molecular formula is C15H24O2. The summed E-state index contributed by atoms with van der Waals surface area (Å²) in [6.45, 7) is 10.2. The van der Waals surface area contributed by atoms with Gasteiger partial charge >= 0.3 is 0 Å². The standard InChI is InChI=1S/C15H24O2/c1-11(10-16)13-6-8-14(3)7-4-5-12(2)15(14,17)9-13/h13,16-17H,1-2,4-10H2,3H3/t13-,14-,15-/m1/s1. The second-order valence-corrected chi connectivity index (χ2v) is 6.13. The van der Waals surface area contributed by atoms with Gasteiger partial charge in [0.2, 0.25) is 0 Å². The van der Waals surface area contributed by atoms with Crippen LogP contribution in [0.25, 0.3) is 0 Å². The minimum Gasteiger partial charge on any atom is -0.392 e. The lowest BCUT2D eigenvalue weighted by Crippen LogP contribution is -2.54. The van der Waals surface area contributed by atoms with E-state index in [1.54, 1.807) is 0 Å². The van der Waals surface area contributed by atoms with Crippen molar-refractivity contribution >= 4 is 0 Å². The molecule has 96 valence electrons. The Bertz CT molecular complexity index is 347. The fraction of sp³-hybridized carbons (Fsp3) is 0.733. The first-order chi connectivity index (χ1) is 7.93. The zero-order chi connectivity index (χ0) is 12.7. The molecule has 0 aromatic rings. The molecule has 2 saturated carbocycles. The summed E-state index contributed by atoms with van der Waals surface area (Å²) >= 11 is 0. The van der Waals surface area contributed by atoms with Gasteiger partial charge in [0.05, 0.1) is 12.2 Å². The van der Waals surface area contributed by atoms with E-state index in [2.05, 4.69) is 20.1 Å². The molecule has 0 saturated heterocycles. The molecule has 2 fully saturated rings. The monoisotopic (exact) mass is 236 g/mol. The number of fused-ring (bicyclic) bond motifs is 1. The van der Waals surface area contributed by atoms with Crippen molar-refractivity contribution in [2.75, 3.05) is 6.61 Å². The highest BCUT2D eigenvalue weighted by Gasteiger charge is 2.53. The van der Waals surface area contributed by atoms with Crippen LogP contribution in [-0.4, -0.2) is 22.4 Å². The third-order valence-corrected chi connectivity index (χ3v) is 5.16. The average molecular weight is 236 g/mol. The van der Waals surface area contributed by atoms with E-state index in [-0.39, 0.29) is 17.9 Å². The summed E-state index contributed by atoms with van der Waals surface area (Å²) in [5, 5.41) is 20.2. The molecule has 2 aliphatic rings. The van der Waals surface area contributed by atoms with Crippen LogP contribution in [-0.2, 0) is 0 Å². The molecule has 17 heavy (non-hydrogen) atoms. The van der Waals surface area contributed by atoms with Gasteiger partial charge in [-0.2, -0.15) is 0 Å². The van der Waals surface area contributed by atoms with Gasteiger partial charge in [-0.3, -0.25) is 0 Å². The van der Waals surface area contributed by atoms with E-state index in [1.807, 2.05) is 0 Å². The highest BCUT2D eigenvalue weighted by atomic mass is 16.3. The zero-order valence-corrected chi connectivity index (χ0v) is 10.8. The van der Waals surface area contributed by atoms with Gasteiger partial charge in [0.25, 0.3) is 0 Å². The Hall–Kier alpha value is -0.600. The molecule has 0 aliphatic heterocycles. The van der Waals surface area contributed by atoms with E-state index in [0.717, 1.165) is 43.3 Å². The smallest absolute Gasteiger partial charge is 0.0913 e. The maximum absolute atomic E-state index is 11.0. The maximum atomic E-state index is 11.0. The summed E-state index contributed by atoms with van der Waals surface area (Å²) < 4.78 is 0. The van der Waals surface area contributed by atoms with Gasteiger partial charge in [0.1, 0.15) is 0 Å². The van der Waals surface area contributed by atoms with Crippen molar-refractivity contribution in [2.24, 2.45) is 11.3 Å². The number of hydrogen-bond acceptors (Lipinski definition) is 2. The molecule has 2 nitrogen and oxygen atoms in total. The first-order valence-electron chi connectivity index (χ1n) is 6.62. The van der Waals surface area contributed by atoms with Crippen molar-refractivity contribution in [1.82, 2.24) is 0 Å². The highest BCUT2D eigenvalue weighted by molar-refractivity contribution is 5.25. The van der Waals surface area contributed by atoms with Crippen molar-refractivity contribution in [3.8, 4) is 0 Å². The Kier molecular flexibility index (Phi) is 3.21. The Morgan fingerprint density at radius 2 is 2.18 bits per heavy atom. The summed E-state index contributed by atoms with van der Waals surface area (Å²) in [4.78, 5) is 0. The number of hydrogen-bond donors (Lipinski definition) is 2. The van der Waals surface area contributed by atoms with Gasteiger partial charge in [0.15, 0.2) is 0 Å². The summed E-state index contributed by atoms with van der Waals surface area (Å²) in [5.74, 6) is 0.243.